The summed E-state index contributed by atoms with van der Waals surface area (Å²) in [6.45, 7) is 3.43. The molecule has 0 amide bonds. The fourth-order valence-electron chi connectivity index (χ4n) is 1.24. The Hall–Kier alpha value is 0.0569. The van der Waals surface area contributed by atoms with Crippen LogP contribution in [0, 0.1) is 0 Å². The van der Waals surface area contributed by atoms with E-state index in [0.717, 1.165) is 26.0 Å². The molecular weight excluding hydrogens is 210 g/mol. The van der Waals surface area contributed by atoms with Crippen LogP contribution in [0.3, 0.4) is 0 Å². The zero-order chi connectivity index (χ0) is 11.6. The molecule has 0 atom stereocenters. The standard InChI is InChI=1S/C10H25NO3Si/c1-12-15(3,13-2)14-10-8-6-4-5-7-9-11/h4-11H2,1-3H3. The van der Waals surface area contributed by atoms with E-state index in [9.17, 15) is 0 Å². The predicted molar refractivity (Wildman–Crippen MR) is 63.7 cm³/mol. The van der Waals surface area contributed by atoms with Crippen LogP contribution in [-0.4, -0.2) is 36.2 Å². The van der Waals surface area contributed by atoms with Gasteiger partial charge in [-0.15, -0.1) is 0 Å². The Morgan fingerprint density at radius 3 is 2.00 bits per heavy atom. The van der Waals surface area contributed by atoms with Crippen LogP contribution in [0.25, 0.3) is 0 Å². The monoisotopic (exact) mass is 235 g/mol. The van der Waals surface area contributed by atoms with Crippen LogP contribution in [0.1, 0.15) is 32.1 Å². The summed E-state index contributed by atoms with van der Waals surface area (Å²) in [5.41, 5.74) is 5.41. The molecule has 4 nitrogen and oxygen atoms in total. The number of nitrogens with two attached hydrogens (primary N) is 1. The molecule has 0 unspecified atom stereocenters. The molecule has 15 heavy (non-hydrogen) atoms. The molecule has 0 fully saturated rings. The molecule has 0 aliphatic carbocycles. The maximum atomic E-state index is 5.60. The van der Waals surface area contributed by atoms with Crippen molar-refractivity contribution < 1.29 is 13.3 Å². The molecule has 0 aliphatic heterocycles. The number of hydrogen-bond donors (Lipinski definition) is 1. The SMILES string of the molecule is CO[Si](C)(OC)OCCCCCCCN. The van der Waals surface area contributed by atoms with E-state index in [1.54, 1.807) is 14.2 Å². The highest BCUT2D eigenvalue weighted by molar-refractivity contribution is 6.59. The summed E-state index contributed by atoms with van der Waals surface area (Å²) in [6, 6.07) is 0. The van der Waals surface area contributed by atoms with E-state index in [-0.39, 0.29) is 0 Å². The lowest BCUT2D eigenvalue weighted by atomic mass is 10.1. The predicted octanol–water partition coefficient (Wildman–Crippen LogP) is 1.77. The van der Waals surface area contributed by atoms with Crippen molar-refractivity contribution in [1.29, 1.82) is 0 Å². The molecule has 0 radical (unpaired) electrons. The van der Waals surface area contributed by atoms with Crippen LogP contribution in [0.2, 0.25) is 6.55 Å². The average molecular weight is 235 g/mol. The molecule has 0 aromatic carbocycles. The van der Waals surface area contributed by atoms with Crippen LogP contribution < -0.4 is 5.73 Å². The molecule has 0 aromatic rings. The van der Waals surface area contributed by atoms with Gasteiger partial charge in [0.1, 0.15) is 0 Å². The molecule has 0 aliphatic rings. The van der Waals surface area contributed by atoms with Gasteiger partial charge in [-0.25, -0.2) is 0 Å². The first-order valence-corrected chi connectivity index (χ1v) is 7.85. The second-order valence-corrected chi connectivity index (χ2v) is 6.51. The van der Waals surface area contributed by atoms with E-state index in [0.29, 0.717) is 0 Å². The van der Waals surface area contributed by atoms with Crippen molar-refractivity contribution in [3.05, 3.63) is 0 Å². The van der Waals surface area contributed by atoms with E-state index in [1.807, 2.05) is 6.55 Å². The second-order valence-electron chi connectivity index (χ2n) is 3.68. The molecule has 0 bridgehead atoms. The molecule has 0 saturated heterocycles. The molecular formula is C10H25NO3Si. The lowest BCUT2D eigenvalue weighted by Gasteiger charge is -2.21. The lowest BCUT2D eigenvalue weighted by molar-refractivity contribution is 0.104. The molecule has 0 rings (SSSR count). The average Bonchev–Trinajstić information content (AvgIpc) is 2.27. The molecule has 0 heterocycles. The zero-order valence-electron chi connectivity index (χ0n) is 10.3. The number of rotatable bonds is 10. The van der Waals surface area contributed by atoms with E-state index in [1.165, 1.54) is 19.3 Å². The molecule has 0 spiro atoms. The summed E-state index contributed by atoms with van der Waals surface area (Å²) < 4.78 is 16.0. The summed E-state index contributed by atoms with van der Waals surface area (Å²) in [4.78, 5) is 0. The van der Waals surface area contributed by atoms with Gasteiger partial charge in [-0.1, -0.05) is 19.3 Å². The van der Waals surface area contributed by atoms with Crippen molar-refractivity contribution in [2.45, 2.75) is 38.7 Å². The third-order valence-electron chi connectivity index (χ3n) is 2.45. The summed E-state index contributed by atoms with van der Waals surface area (Å²) >= 11 is 0. The normalized spacial score (nSPS) is 12.0. The lowest BCUT2D eigenvalue weighted by Crippen LogP contribution is -2.40. The summed E-state index contributed by atoms with van der Waals surface area (Å²) in [6.07, 6.45) is 5.85. The number of unbranched alkanes of at least 4 members (excludes halogenated alkanes) is 4. The van der Waals surface area contributed by atoms with Crippen molar-refractivity contribution in [1.82, 2.24) is 0 Å². The van der Waals surface area contributed by atoms with Gasteiger partial charge in [0.25, 0.3) is 0 Å². The Balaban J connectivity index is 3.29. The van der Waals surface area contributed by atoms with Crippen molar-refractivity contribution in [3.8, 4) is 0 Å². The zero-order valence-corrected chi connectivity index (χ0v) is 11.3. The smallest absolute Gasteiger partial charge is 0.377 e. The van der Waals surface area contributed by atoms with Crippen LogP contribution in [0.5, 0.6) is 0 Å². The Morgan fingerprint density at radius 2 is 1.47 bits per heavy atom. The van der Waals surface area contributed by atoms with Crippen molar-refractivity contribution in [2.75, 3.05) is 27.4 Å². The van der Waals surface area contributed by atoms with Crippen LogP contribution >= 0.6 is 0 Å². The van der Waals surface area contributed by atoms with E-state index in [2.05, 4.69) is 0 Å². The molecule has 0 saturated carbocycles. The minimum absolute atomic E-state index is 0.729. The van der Waals surface area contributed by atoms with Crippen molar-refractivity contribution in [3.63, 3.8) is 0 Å². The van der Waals surface area contributed by atoms with Gasteiger partial charge < -0.3 is 19.0 Å². The molecule has 5 heteroatoms. The maximum absolute atomic E-state index is 5.60. The minimum Gasteiger partial charge on any atom is -0.377 e. The fourth-order valence-corrected chi connectivity index (χ4v) is 2.15. The van der Waals surface area contributed by atoms with E-state index >= 15 is 0 Å². The molecule has 2 N–H and O–H groups in total. The highest BCUT2D eigenvalue weighted by atomic mass is 28.4. The van der Waals surface area contributed by atoms with Gasteiger partial charge in [-0.3, -0.25) is 0 Å². The van der Waals surface area contributed by atoms with Gasteiger partial charge in [-0.2, -0.15) is 0 Å². The summed E-state index contributed by atoms with van der Waals surface area (Å²) in [5, 5.41) is 0. The quantitative estimate of drug-likeness (QED) is 0.463. The van der Waals surface area contributed by atoms with Gasteiger partial charge in [0.05, 0.1) is 0 Å². The highest BCUT2D eigenvalue weighted by Gasteiger charge is 2.31. The number of hydrogen-bond acceptors (Lipinski definition) is 4. The first-order valence-electron chi connectivity index (χ1n) is 5.63. The Morgan fingerprint density at radius 1 is 0.933 bits per heavy atom. The van der Waals surface area contributed by atoms with Gasteiger partial charge in [-0.05, 0) is 19.4 Å². The van der Waals surface area contributed by atoms with Crippen LogP contribution in [0.15, 0.2) is 0 Å². The van der Waals surface area contributed by atoms with Gasteiger partial charge in [0.15, 0.2) is 0 Å². The van der Waals surface area contributed by atoms with Crippen molar-refractivity contribution in [2.24, 2.45) is 5.73 Å². The van der Waals surface area contributed by atoms with E-state index < -0.39 is 8.80 Å². The molecule has 0 aromatic heterocycles. The first-order chi connectivity index (χ1) is 7.18. The minimum atomic E-state index is -2.29. The first kappa shape index (κ1) is 15.1. The largest absolute Gasteiger partial charge is 0.497 e. The highest BCUT2D eigenvalue weighted by Crippen LogP contribution is 2.08. The van der Waals surface area contributed by atoms with E-state index in [4.69, 9.17) is 19.0 Å². The molecule has 92 valence electrons. The van der Waals surface area contributed by atoms with Crippen LogP contribution in [-0.2, 0) is 13.3 Å². The van der Waals surface area contributed by atoms with Gasteiger partial charge >= 0.3 is 8.80 Å². The third kappa shape index (κ3) is 7.93. The maximum Gasteiger partial charge on any atom is 0.497 e. The second kappa shape index (κ2) is 9.29. The summed E-state index contributed by atoms with van der Waals surface area (Å²) in [5.74, 6) is 0. The Bertz CT molecular complexity index is 143. The van der Waals surface area contributed by atoms with Crippen LogP contribution in [0.4, 0.5) is 0 Å². The van der Waals surface area contributed by atoms with Gasteiger partial charge in [0, 0.05) is 27.4 Å². The Kier molecular flexibility index (Phi) is 9.33. The topological polar surface area (TPSA) is 53.7 Å². The summed E-state index contributed by atoms with van der Waals surface area (Å²) in [7, 11) is 0.979. The van der Waals surface area contributed by atoms with Crippen molar-refractivity contribution >= 4 is 8.80 Å². The fraction of sp³-hybridized carbons (Fsp3) is 1.00. The van der Waals surface area contributed by atoms with Gasteiger partial charge in [0.2, 0.25) is 0 Å². The third-order valence-corrected chi connectivity index (χ3v) is 4.67. The Labute approximate surface area is 94.5 Å².